The van der Waals surface area contributed by atoms with Crippen LogP contribution in [0.4, 0.5) is 13.2 Å². The second kappa shape index (κ2) is 11.2. The summed E-state index contributed by atoms with van der Waals surface area (Å²) in [5.41, 5.74) is -0.137. The Labute approximate surface area is 226 Å². The Kier molecular flexibility index (Phi) is 8.06. The predicted molar refractivity (Wildman–Crippen MR) is 130 cm³/mol. The van der Waals surface area contributed by atoms with Crippen molar-refractivity contribution in [3.8, 4) is 11.7 Å². The Bertz CT molecular complexity index is 1500. The fourth-order valence-electron chi connectivity index (χ4n) is 3.99. The van der Waals surface area contributed by atoms with Crippen LogP contribution in [-0.2, 0) is 21.1 Å². The number of carbonyl (C=O) groups excluding carboxylic acids is 2. The van der Waals surface area contributed by atoms with E-state index in [0.717, 1.165) is 18.4 Å². The van der Waals surface area contributed by atoms with Crippen LogP contribution in [0.25, 0.3) is 5.95 Å². The minimum atomic E-state index is -5.10. The van der Waals surface area contributed by atoms with Crippen molar-refractivity contribution in [2.45, 2.75) is 43.9 Å². The van der Waals surface area contributed by atoms with Gasteiger partial charge in [-0.1, -0.05) is 0 Å². The number of sulfone groups is 1. The fourth-order valence-corrected chi connectivity index (χ4v) is 4.66. The van der Waals surface area contributed by atoms with Crippen LogP contribution in [0.2, 0.25) is 0 Å². The highest BCUT2D eigenvalue weighted by Gasteiger charge is 2.32. The van der Waals surface area contributed by atoms with Gasteiger partial charge in [0, 0.05) is 37.3 Å². The molecule has 1 aliphatic rings. The van der Waals surface area contributed by atoms with Crippen molar-refractivity contribution < 1.29 is 40.7 Å². The molecule has 1 aliphatic heterocycles. The van der Waals surface area contributed by atoms with E-state index in [-0.39, 0.29) is 47.6 Å². The van der Waals surface area contributed by atoms with Gasteiger partial charge in [-0.25, -0.2) is 23.4 Å². The monoisotopic (exact) mass is 583 g/mol. The van der Waals surface area contributed by atoms with E-state index in [1.165, 1.54) is 23.4 Å². The van der Waals surface area contributed by atoms with Crippen LogP contribution in [0, 0.1) is 0 Å². The van der Waals surface area contributed by atoms with Gasteiger partial charge in [-0.05, 0) is 32.0 Å². The first-order valence-corrected chi connectivity index (χ1v) is 13.6. The second-order valence-electron chi connectivity index (χ2n) is 9.02. The van der Waals surface area contributed by atoms with Gasteiger partial charge in [-0.15, -0.1) is 13.2 Å². The van der Waals surface area contributed by atoms with Crippen molar-refractivity contribution in [1.82, 2.24) is 34.9 Å². The molecule has 0 saturated carbocycles. The highest BCUT2D eigenvalue weighted by molar-refractivity contribution is 7.90. The number of benzene rings is 1. The molecule has 0 spiro atoms. The minimum Gasteiger partial charge on any atom is -0.406 e. The Morgan fingerprint density at radius 2 is 1.73 bits per heavy atom. The molecule has 214 valence electrons. The molecule has 40 heavy (non-hydrogen) atoms. The molecule has 2 atom stereocenters. The molecule has 0 radical (unpaired) electrons. The standard InChI is InChI=1S/C23H24F3N7O6S/c1-13-10-32(11-14(2)38-13)21(35)16-7-28-22(29-8-16)33-19(30-12-31-33)9-27-20(34)15-4-17(39-23(24,25)26)6-18(5-15)40(3,36)37/h4-8,12-14H,9-11H2,1-3H3,(H,27,34)/t13-,14+. The van der Waals surface area contributed by atoms with Crippen LogP contribution in [0.15, 0.2) is 41.8 Å². The number of aromatic nitrogens is 5. The zero-order valence-corrected chi connectivity index (χ0v) is 22.2. The highest BCUT2D eigenvalue weighted by Crippen LogP contribution is 2.27. The van der Waals surface area contributed by atoms with E-state index in [1.54, 1.807) is 4.90 Å². The van der Waals surface area contributed by atoms with Crippen molar-refractivity contribution in [1.29, 1.82) is 0 Å². The summed E-state index contributed by atoms with van der Waals surface area (Å²) in [5.74, 6) is -1.84. The normalized spacial score (nSPS) is 17.9. The van der Waals surface area contributed by atoms with Gasteiger partial charge in [0.1, 0.15) is 12.1 Å². The quantitative estimate of drug-likeness (QED) is 0.432. The number of alkyl halides is 3. The lowest BCUT2D eigenvalue weighted by molar-refractivity contribution is -0.274. The Morgan fingerprint density at radius 1 is 1.07 bits per heavy atom. The molecule has 0 unspecified atom stereocenters. The maximum absolute atomic E-state index is 12.9. The fraction of sp³-hybridized carbons (Fsp3) is 0.391. The van der Waals surface area contributed by atoms with Gasteiger partial charge >= 0.3 is 6.36 Å². The number of hydrogen-bond donors (Lipinski definition) is 1. The third-order valence-corrected chi connectivity index (χ3v) is 6.70. The minimum absolute atomic E-state index is 0.0435. The molecule has 17 heteroatoms. The maximum atomic E-state index is 12.9. The van der Waals surface area contributed by atoms with E-state index >= 15 is 0 Å². The topological polar surface area (TPSA) is 158 Å². The summed E-state index contributed by atoms with van der Waals surface area (Å²) in [4.78, 5) is 39.1. The van der Waals surface area contributed by atoms with Crippen LogP contribution in [0.3, 0.4) is 0 Å². The van der Waals surface area contributed by atoms with E-state index < -0.39 is 32.8 Å². The number of ether oxygens (including phenoxy) is 2. The molecular weight excluding hydrogens is 559 g/mol. The molecule has 3 heterocycles. The molecule has 13 nitrogen and oxygen atoms in total. The summed E-state index contributed by atoms with van der Waals surface area (Å²) in [5, 5.41) is 6.45. The van der Waals surface area contributed by atoms with E-state index in [4.69, 9.17) is 4.74 Å². The van der Waals surface area contributed by atoms with Crippen molar-refractivity contribution in [3.05, 3.63) is 53.9 Å². The predicted octanol–water partition coefficient (Wildman–Crippen LogP) is 1.54. The van der Waals surface area contributed by atoms with Crippen LogP contribution < -0.4 is 10.1 Å². The van der Waals surface area contributed by atoms with Crippen LogP contribution in [0.5, 0.6) is 5.75 Å². The van der Waals surface area contributed by atoms with Crippen molar-refractivity contribution >= 4 is 21.7 Å². The first-order chi connectivity index (χ1) is 18.7. The number of hydrogen-bond acceptors (Lipinski definition) is 10. The van der Waals surface area contributed by atoms with Gasteiger partial charge in [0.15, 0.2) is 15.7 Å². The SMILES string of the molecule is C[C@@H]1CN(C(=O)c2cnc(-n3ncnc3CNC(=O)c3cc(OC(F)(F)F)cc(S(C)(=O)=O)c3)nc2)C[C@H](C)O1. The molecule has 4 rings (SSSR count). The van der Waals surface area contributed by atoms with E-state index in [1.807, 2.05) is 13.8 Å². The summed E-state index contributed by atoms with van der Waals surface area (Å²) in [6.45, 7) is 4.32. The highest BCUT2D eigenvalue weighted by atomic mass is 32.2. The summed E-state index contributed by atoms with van der Waals surface area (Å²) in [6.07, 6.45) is -0.710. The molecule has 1 fully saturated rings. The average Bonchev–Trinajstić information content (AvgIpc) is 3.33. The van der Waals surface area contributed by atoms with Gasteiger partial charge in [0.25, 0.3) is 17.8 Å². The second-order valence-corrected chi connectivity index (χ2v) is 11.0. The van der Waals surface area contributed by atoms with Crippen molar-refractivity contribution in [2.24, 2.45) is 0 Å². The Morgan fingerprint density at radius 3 is 2.33 bits per heavy atom. The molecular formula is C23H24F3N7O6S. The third kappa shape index (κ3) is 7.09. The van der Waals surface area contributed by atoms with Crippen LogP contribution in [-0.4, -0.2) is 87.8 Å². The van der Waals surface area contributed by atoms with Gasteiger partial charge in [-0.2, -0.15) is 9.78 Å². The third-order valence-electron chi connectivity index (χ3n) is 5.61. The summed E-state index contributed by atoms with van der Waals surface area (Å²) < 4.78 is 72.6. The molecule has 2 aromatic heterocycles. The first-order valence-electron chi connectivity index (χ1n) is 11.7. The van der Waals surface area contributed by atoms with Gasteiger partial charge in [-0.3, -0.25) is 9.59 Å². The van der Waals surface area contributed by atoms with Gasteiger partial charge in [0.2, 0.25) is 0 Å². The number of nitrogens with one attached hydrogen (secondary N) is 1. The number of carbonyl (C=O) groups is 2. The smallest absolute Gasteiger partial charge is 0.406 e. The zero-order chi connectivity index (χ0) is 29.2. The maximum Gasteiger partial charge on any atom is 0.573 e. The van der Waals surface area contributed by atoms with Gasteiger partial charge in [0.05, 0.1) is 29.2 Å². The zero-order valence-electron chi connectivity index (χ0n) is 21.4. The summed E-state index contributed by atoms with van der Waals surface area (Å²) in [6, 6.07) is 2.35. The summed E-state index contributed by atoms with van der Waals surface area (Å²) >= 11 is 0. The Hall–Kier alpha value is -4.12. The molecule has 0 bridgehead atoms. The van der Waals surface area contributed by atoms with Gasteiger partial charge < -0.3 is 19.7 Å². The molecule has 2 amide bonds. The lowest BCUT2D eigenvalue weighted by Gasteiger charge is -2.35. The van der Waals surface area contributed by atoms with E-state index in [0.29, 0.717) is 19.2 Å². The van der Waals surface area contributed by atoms with Crippen LogP contribution in [0.1, 0.15) is 40.4 Å². The largest absolute Gasteiger partial charge is 0.573 e. The van der Waals surface area contributed by atoms with Crippen LogP contribution >= 0.6 is 0 Å². The number of rotatable bonds is 7. The average molecular weight is 584 g/mol. The lowest BCUT2D eigenvalue weighted by atomic mass is 10.2. The lowest BCUT2D eigenvalue weighted by Crippen LogP contribution is -2.48. The molecule has 1 N–H and O–H groups in total. The molecule has 0 aliphatic carbocycles. The molecule has 1 aromatic carbocycles. The first kappa shape index (κ1) is 28.9. The van der Waals surface area contributed by atoms with E-state index in [2.05, 4.69) is 30.1 Å². The van der Waals surface area contributed by atoms with E-state index in [9.17, 15) is 31.2 Å². The summed E-state index contributed by atoms with van der Waals surface area (Å²) in [7, 11) is -3.96. The molecule has 3 aromatic rings. The molecule has 1 saturated heterocycles. The number of amides is 2. The number of halogens is 3. The number of nitrogens with zero attached hydrogens (tertiary/aromatic N) is 6. The van der Waals surface area contributed by atoms with Crippen molar-refractivity contribution in [2.75, 3.05) is 19.3 Å². The number of morpholine rings is 1. The van der Waals surface area contributed by atoms with Crippen molar-refractivity contribution in [3.63, 3.8) is 0 Å². The Balaban J connectivity index is 1.48.